The highest BCUT2D eigenvalue weighted by Gasteiger charge is 2.28. The summed E-state index contributed by atoms with van der Waals surface area (Å²) in [5, 5.41) is 5.58. The third kappa shape index (κ3) is 6.19. The average molecular weight is 417 g/mol. The minimum Gasteiger partial charge on any atom is -0.338 e. The minimum atomic E-state index is -0.200. The predicted octanol–water partition coefficient (Wildman–Crippen LogP) is -0.143. The first-order chi connectivity index (χ1) is 14.4. The van der Waals surface area contributed by atoms with Crippen molar-refractivity contribution in [2.24, 2.45) is 0 Å². The highest BCUT2D eigenvalue weighted by atomic mass is 16.2. The molecular weight excluding hydrogens is 382 g/mol. The zero-order chi connectivity index (χ0) is 21.5. The fourth-order valence-corrected chi connectivity index (χ4v) is 3.94. The number of carbonyl (C=O) groups is 3. The number of urea groups is 1. The minimum absolute atomic E-state index is 0.0250. The molecule has 1 aromatic carbocycles. The third-order valence-corrected chi connectivity index (χ3v) is 5.69. The second kappa shape index (κ2) is 10.4. The van der Waals surface area contributed by atoms with E-state index in [0.717, 1.165) is 44.6 Å². The summed E-state index contributed by atoms with van der Waals surface area (Å²) in [5.74, 6) is 0.269. The van der Waals surface area contributed by atoms with Crippen molar-refractivity contribution in [1.82, 2.24) is 20.4 Å². The van der Waals surface area contributed by atoms with Crippen LogP contribution >= 0.6 is 0 Å². The Kier molecular flexibility index (Phi) is 7.68. The number of quaternary nitrogens is 1. The quantitative estimate of drug-likeness (QED) is 0.603. The maximum atomic E-state index is 12.8. The van der Waals surface area contributed by atoms with Gasteiger partial charge in [-0.05, 0) is 44.4 Å². The number of amides is 4. The summed E-state index contributed by atoms with van der Waals surface area (Å²) >= 11 is 0. The second-order valence-electron chi connectivity index (χ2n) is 8.49. The van der Waals surface area contributed by atoms with Crippen molar-refractivity contribution in [3.63, 3.8) is 0 Å². The summed E-state index contributed by atoms with van der Waals surface area (Å²) in [6.45, 7) is 9.50. The van der Waals surface area contributed by atoms with Crippen LogP contribution in [0.25, 0.3) is 0 Å². The summed E-state index contributed by atoms with van der Waals surface area (Å²) in [6, 6.07) is 7.27. The topological polar surface area (TPSA) is 86.2 Å². The van der Waals surface area contributed by atoms with Gasteiger partial charge in [-0.25, -0.2) is 4.79 Å². The van der Waals surface area contributed by atoms with Crippen LogP contribution in [0.5, 0.6) is 0 Å². The van der Waals surface area contributed by atoms with E-state index in [9.17, 15) is 14.4 Å². The van der Waals surface area contributed by atoms with Gasteiger partial charge >= 0.3 is 6.03 Å². The van der Waals surface area contributed by atoms with Crippen LogP contribution in [0, 0.1) is 0 Å². The number of hydrogen-bond acceptors (Lipinski definition) is 3. The maximum absolute atomic E-state index is 12.8. The lowest BCUT2D eigenvalue weighted by atomic mass is 10.1. The number of hydrogen-bond donors (Lipinski definition) is 3. The van der Waals surface area contributed by atoms with E-state index in [2.05, 4.69) is 10.6 Å². The fourth-order valence-electron chi connectivity index (χ4n) is 3.94. The molecule has 0 atom stereocenters. The van der Waals surface area contributed by atoms with Gasteiger partial charge in [-0.3, -0.25) is 9.59 Å². The van der Waals surface area contributed by atoms with Gasteiger partial charge in [-0.1, -0.05) is 12.1 Å². The van der Waals surface area contributed by atoms with Gasteiger partial charge in [0.1, 0.15) is 0 Å². The monoisotopic (exact) mass is 416 g/mol. The van der Waals surface area contributed by atoms with Crippen LogP contribution in [0.15, 0.2) is 24.3 Å². The van der Waals surface area contributed by atoms with Gasteiger partial charge in [-0.2, -0.15) is 0 Å². The lowest BCUT2D eigenvalue weighted by molar-refractivity contribution is -0.896. The fraction of sp³-hybridized carbons (Fsp3) is 0.591. The predicted molar refractivity (Wildman–Crippen MR) is 114 cm³/mol. The molecule has 2 aliphatic heterocycles. The van der Waals surface area contributed by atoms with Crippen molar-refractivity contribution < 1.29 is 19.3 Å². The maximum Gasteiger partial charge on any atom is 0.315 e. The van der Waals surface area contributed by atoms with E-state index in [4.69, 9.17) is 0 Å². The van der Waals surface area contributed by atoms with Gasteiger partial charge in [0.2, 0.25) is 0 Å². The van der Waals surface area contributed by atoms with Crippen LogP contribution in [0.1, 0.15) is 42.6 Å². The molecule has 2 heterocycles. The molecule has 0 bridgehead atoms. The molecule has 4 amide bonds. The van der Waals surface area contributed by atoms with Crippen LogP contribution in [0.4, 0.5) is 4.79 Å². The normalized spacial score (nSPS) is 17.3. The Bertz CT molecular complexity index is 736. The number of piperazine rings is 1. The summed E-state index contributed by atoms with van der Waals surface area (Å²) in [7, 11) is 0. The van der Waals surface area contributed by atoms with E-state index >= 15 is 0 Å². The molecule has 8 nitrogen and oxygen atoms in total. The van der Waals surface area contributed by atoms with Crippen LogP contribution < -0.4 is 15.5 Å². The van der Waals surface area contributed by atoms with Gasteiger partial charge in [0.25, 0.3) is 11.8 Å². The number of carbonyl (C=O) groups excluding carboxylic acids is 3. The average Bonchev–Trinajstić information content (AvgIpc) is 3.27. The number of likely N-dealkylation sites (tertiary alicyclic amines) is 1. The van der Waals surface area contributed by atoms with Gasteiger partial charge < -0.3 is 25.3 Å². The van der Waals surface area contributed by atoms with Crippen molar-refractivity contribution in [3.05, 3.63) is 35.4 Å². The summed E-state index contributed by atoms with van der Waals surface area (Å²) < 4.78 is 0. The van der Waals surface area contributed by atoms with Crippen LogP contribution in [-0.4, -0.2) is 79.5 Å². The van der Waals surface area contributed by atoms with Crippen molar-refractivity contribution in [3.8, 4) is 0 Å². The molecule has 0 spiro atoms. The molecule has 0 aromatic heterocycles. The molecule has 0 unspecified atom stereocenters. The summed E-state index contributed by atoms with van der Waals surface area (Å²) in [5.41, 5.74) is 1.60. The van der Waals surface area contributed by atoms with Gasteiger partial charge in [0, 0.05) is 31.2 Å². The Morgan fingerprint density at radius 2 is 1.60 bits per heavy atom. The van der Waals surface area contributed by atoms with E-state index < -0.39 is 0 Å². The molecule has 30 heavy (non-hydrogen) atoms. The molecule has 2 fully saturated rings. The number of rotatable bonds is 6. The molecule has 3 N–H and O–H groups in total. The van der Waals surface area contributed by atoms with Crippen LogP contribution in [0.3, 0.4) is 0 Å². The number of nitrogens with one attached hydrogen (secondary N) is 3. The van der Waals surface area contributed by atoms with Gasteiger partial charge in [0.05, 0.1) is 26.2 Å². The highest BCUT2D eigenvalue weighted by molar-refractivity contribution is 5.94. The SMILES string of the molecule is CC(C)NC(=O)NCc1ccc(C(=O)N2CC[NH+](CC(=O)N3CCCC3)CC2)cc1. The van der Waals surface area contributed by atoms with Crippen molar-refractivity contribution in [1.29, 1.82) is 0 Å². The molecule has 2 saturated heterocycles. The third-order valence-electron chi connectivity index (χ3n) is 5.69. The smallest absolute Gasteiger partial charge is 0.315 e. The van der Waals surface area contributed by atoms with Crippen molar-refractivity contribution in [2.45, 2.75) is 39.3 Å². The molecule has 164 valence electrons. The van der Waals surface area contributed by atoms with E-state index in [1.807, 2.05) is 47.9 Å². The Labute approximate surface area is 178 Å². The molecule has 1 aromatic rings. The standard InChI is InChI=1S/C22H33N5O3/c1-17(2)24-22(30)23-15-18-5-7-19(8-6-18)21(29)27-13-11-25(12-14-27)16-20(28)26-9-3-4-10-26/h5-8,17H,3-4,9-16H2,1-2H3,(H2,23,24,30)/p+1. The Morgan fingerprint density at radius 3 is 2.20 bits per heavy atom. The highest BCUT2D eigenvalue weighted by Crippen LogP contribution is 2.09. The van der Waals surface area contributed by atoms with Crippen molar-refractivity contribution in [2.75, 3.05) is 45.8 Å². The van der Waals surface area contributed by atoms with Crippen LogP contribution in [-0.2, 0) is 11.3 Å². The lowest BCUT2D eigenvalue weighted by Crippen LogP contribution is -3.15. The Morgan fingerprint density at radius 1 is 0.967 bits per heavy atom. The number of benzene rings is 1. The molecule has 3 rings (SSSR count). The molecule has 0 aliphatic carbocycles. The van der Waals surface area contributed by atoms with Gasteiger partial charge in [0.15, 0.2) is 6.54 Å². The largest absolute Gasteiger partial charge is 0.338 e. The Hall–Kier alpha value is -2.61. The second-order valence-corrected chi connectivity index (χ2v) is 8.49. The summed E-state index contributed by atoms with van der Waals surface area (Å²) in [6.07, 6.45) is 2.23. The van der Waals surface area contributed by atoms with E-state index in [1.165, 1.54) is 4.90 Å². The summed E-state index contributed by atoms with van der Waals surface area (Å²) in [4.78, 5) is 41.9. The molecule has 8 heteroatoms. The molecule has 0 saturated carbocycles. The lowest BCUT2D eigenvalue weighted by Gasteiger charge is -2.32. The zero-order valence-electron chi connectivity index (χ0n) is 18.1. The van der Waals surface area contributed by atoms with E-state index in [0.29, 0.717) is 31.7 Å². The first-order valence-corrected chi connectivity index (χ1v) is 11.0. The number of nitrogens with zero attached hydrogens (tertiary/aromatic N) is 2. The first-order valence-electron chi connectivity index (χ1n) is 11.0. The Balaban J connectivity index is 1.43. The zero-order valence-corrected chi connectivity index (χ0v) is 18.1. The van der Waals surface area contributed by atoms with Gasteiger partial charge in [-0.15, -0.1) is 0 Å². The first kappa shape index (κ1) is 22.1. The van der Waals surface area contributed by atoms with Crippen LogP contribution in [0.2, 0.25) is 0 Å². The van der Waals surface area contributed by atoms with Crippen molar-refractivity contribution >= 4 is 17.8 Å². The van der Waals surface area contributed by atoms with E-state index in [1.54, 1.807) is 0 Å². The molecular formula is C22H34N5O3+. The van der Waals surface area contributed by atoms with E-state index in [-0.39, 0.29) is 23.9 Å². The molecule has 2 aliphatic rings. The molecule has 0 radical (unpaired) electrons.